The van der Waals surface area contributed by atoms with Crippen LogP contribution in [0.25, 0.3) is 0 Å². The van der Waals surface area contributed by atoms with Crippen LogP contribution in [0.3, 0.4) is 0 Å². The molecule has 5 heteroatoms. The Hall–Kier alpha value is 0.200. The second-order valence-corrected chi connectivity index (χ2v) is 7.25. The minimum atomic E-state index is -3.11. The Morgan fingerprint density at radius 3 is 2.62 bits per heavy atom. The average molecular weight is 268 g/mol. The molecule has 0 aromatic heterocycles. The fourth-order valence-electron chi connectivity index (χ4n) is 2.06. The summed E-state index contributed by atoms with van der Waals surface area (Å²) in [5.41, 5.74) is 0. The lowest BCUT2D eigenvalue weighted by Gasteiger charge is -2.19. The van der Waals surface area contributed by atoms with E-state index in [1.807, 2.05) is 13.8 Å². The van der Waals surface area contributed by atoms with Gasteiger partial charge in [-0.15, -0.1) is 11.6 Å². The van der Waals surface area contributed by atoms with Gasteiger partial charge in [-0.2, -0.15) is 0 Å². The van der Waals surface area contributed by atoms with E-state index in [2.05, 4.69) is 4.72 Å². The standard InChI is InChI=1S/C11H22ClNO2S/c1-9(2)6-7-16(14,15)13-11-5-3-4-10(11)8-12/h9-11,13H,3-8H2,1-2H3. The van der Waals surface area contributed by atoms with Crippen LogP contribution in [0.5, 0.6) is 0 Å². The number of hydrogen-bond donors (Lipinski definition) is 1. The molecule has 1 saturated carbocycles. The normalized spacial score (nSPS) is 26.5. The highest BCUT2D eigenvalue weighted by Crippen LogP contribution is 2.27. The van der Waals surface area contributed by atoms with E-state index in [0.717, 1.165) is 19.3 Å². The Labute approximate surface area is 104 Å². The number of rotatable bonds is 6. The van der Waals surface area contributed by atoms with Crippen molar-refractivity contribution in [2.75, 3.05) is 11.6 Å². The van der Waals surface area contributed by atoms with Crippen LogP contribution in [0.4, 0.5) is 0 Å². The Kier molecular flexibility index (Phi) is 5.54. The first-order chi connectivity index (χ1) is 7.44. The summed E-state index contributed by atoms with van der Waals surface area (Å²) in [6, 6.07) is 0.0645. The van der Waals surface area contributed by atoms with Gasteiger partial charge in [-0.25, -0.2) is 13.1 Å². The van der Waals surface area contributed by atoms with Crippen molar-refractivity contribution in [1.29, 1.82) is 0 Å². The van der Waals surface area contributed by atoms with E-state index in [1.165, 1.54) is 0 Å². The molecular weight excluding hydrogens is 246 g/mol. The summed E-state index contributed by atoms with van der Waals surface area (Å²) in [7, 11) is -3.11. The summed E-state index contributed by atoms with van der Waals surface area (Å²) >= 11 is 5.82. The molecule has 3 nitrogen and oxygen atoms in total. The van der Waals surface area contributed by atoms with Gasteiger partial charge >= 0.3 is 0 Å². The first-order valence-corrected chi connectivity index (χ1v) is 8.19. The first-order valence-electron chi connectivity index (χ1n) is 6.00. The maximum atomic E-state index is 11.8. The summed E-state index contributed by atoms with van der Waals surface area (Å²) in [4.78, 5) is 0. The van der Waals surface area contributed by atoms with E-state index in [-0.39, 0.29) is 11.8 Å². The molecule has 2 atom stereocenters. The van der Waals surface area contributed by atoms with Crippen LogP contribution in [0, 0.1) is 11.8 Å². The molecule has 1 fully saturated rings. The van der Waals surface area contributed by atoms with Gasteiger partial charge in [0.25, 0.3) is 0 Å². The summed E-state index contributed by atoms with van der Waals surface area (Å²) in [5, 5.41) is 0. The molecule has 0 radical (unpaired) electrons. The van der Waals surface area contributed by atoms with Gasteiger partial charge < -0.3 is 0 Å². The minimum Gasteiger partial charge on any atom is -0.212 e. The van der Waals surface area contributed by atoms with E-state index in [4.69, 9.17) is 11.6 Å². The third kappa shape index (κ3) is 4.60. The zero-order valence-electron chi connectivity index (χ0n) is 10.1. The van der Waals surface area contributed by atoms with Crippen LogP contribution >= 0.6 is 11.6 Å². The molecule has 1 N–H and O–H groups in total. The molecule has 0 saturated heterocycles. The third-order valence-corrected chi connectivity index (χ3v) is 4.98. The molecule has 0 aromatic carbocycles. The SMILES string of the molecule is CC(C)CCS(=O)(=O)NC1CCCC1CCl. The molecule has 0 bridgehead atoms. The highest BCUT2D eigenvalue weighted by Gasteiger charge is 2.29. The Morgan fingerprint density at radius 2 is 2.06 bits per heavy atom. The van der Waals surface area contributed by atoms with E-state index in [1.54, 1.807) is 0 Å². The minimum absolute atomic E-state index is 0.0645. The number of nitrogens with one attached hydrogen (secondary N) is 1. The molecule has 0 spiro atoms. The molecule has 0 aromatic rings. The number of halogens is 1. The van der Waals surface area contributed by atoms with Crippen LogP contribution in [0.15, 0.2) is 0 Å². The van der Waals surface area contributed by atoms with Gasteiger partial charge in [0.05, 0.1) is 5.75 Å². The van der Waals surface area contributed by atoms with Crippen molar-refractivity contribution in [3.63, 3.8) is 0 Å². The summed E-state index contributed by atoms with van der Waals surface area (Å²) < 4.78 is 26.4. The summed E-state index contributed by atoms with van der Waals surface area (Å²) in [6.07, 6.45) is 3.77. The zero-order chi connectivity index (χ0) is 12.2. The van der Waals surface area contributed by atoms with Crippen LogP contribution in [-0.4, -0.2) is 26.1 Å². The topological polar surface area (TPSA) is 46.2 Å². The van der Waals surface area contributed by atoms with Crippen LogP contribution in [0.2, 0.25) is 0 Å². The van der Waals surface area contributed by atoms with E-state index in [0.29, 0.717) is 24.1 Å². The molecule has 2 unspecified atom stereocenters. The molecule has 1 aliphatic carbocycles. The molecule has 0 aliphatic heterocycles. The Bertz CT molecular complexity index is 303. The van der Waals surface area contributed by atoms with Crippen LogP contribution in [-0.2, 0) is 10.0 Å². The smallest absolute Gasteiger partial charge is 0.211 e. The van der Waals surface area contributed by atoms with Gasteiger partial charge in [-0.1, -0.05) is 20.3 Å². The predicted octanol–water partition coefficient (Wildman–Crippen LogP) is 2.36. The fraction of sp³-hybridized carbons (Fsp3) is 1.00. The average Bonchev–Trinajstić information content (AvgIpc) is 2.61. The van der Waals surface area contributed by atoms with E-state index >= 15 is 0 Å². The fourth-order valence-corrected chi connectivity index (χ4v) is 4.10. The van der Waals surface area contributed by atoms with Crippen molar-refractivity contribution in [3.05, 3.63) is 0 Å². The van der Waals surface area contributed by atoms with Gasteiger partial charge in [0.15, 0.2) is 0 Å². The summed E-state index contributed by atoms with van der Waals surface area (Å²) in [6.45, 7) is 4.07. The van der Waals surface area contributed by atoms with Crippen molar-refractivity contribution in [1.82, 2.24) is 4.72 Å². The maximum Gasteiger partial charge on any atom is 0.211 e. The van der Waals surface area contributed by atoms with Gasteiger partial charge in [0.2, 0.25) is 10.0 Å². The third-order valence-electron chi connectivity index (χ3n) is 3.15. The van der Waals surface area contributed by atoms with Gasteiger partial charge in [0, 0.05) is 11.9 Å². The monoisotopic (exact) mass is 267 g/mol. The largest absolute Gasteiger partial charge is 0.212 e. The van der Waals surface area contributed by atoms with Crippen molar-refractivity contribution in [2.24, 2.45) is 11.8 Å². The predicted molar refractivity (Wildman–Crippen MR) is 68.2 cm³/mol. The van der Waals surface area contributed by atoms with Crippen LogP contribution < -0.4 is 4.72 Å². The number of hydrogen-bond acceptors (Lipinski definition) is 2. The molecule has 0 amide bonds. The highest BCUT2D eigenvalue weighted by molar-refractivity contribution is 7.89. The molecule has 96 valence electrons. The van der Waals surface area contributed by atoms with Crippen molar-refractivity contribution in [2.45, 2.75) is 45.6 Å². The molecule has 0 heterocycles. The Balaban J connectivity index is 2.45. The van der Waals surface area contributed by atoms with E-state index < -0.39 is 10.0 Å². The molecular formula is C11H22ClNO2S. The Morgan fingerprint density at radius 1 is 1.38 bits per heavy atom. The lowest BCUT2D eigenvalue weighted by atomic mass is 10.1. The van der Waals surface area contributed by atoms with Crippen molar-refractivity contribution >= 4 is 21.6 Å². The first kappa shape index (κ1) is 14.3. The van der Waals surface area contributed by atoms with Gasteiger partial charge in [0.1, 0.15) is 0 Å². The molecule has 16 heavy (non-hydrogen) atoms. The molecule has 1 aliphatic rings. The zero-order valence-corrected chi connectivity index (χ0v) is 11.6. The van der Waals surface area contributed by atoms with Crippen LogP contribution in [0.1, 0.15) is 39.5 Å². The quantitative estimate of drug-likeness (QED) is 0.751. The highest BCUT2D eigenvalue weighted by atomic mass is 35.5. The second-order valence-electron chi connectivity index (χ2n) is 5.07. The van der Waals surface area contributed by atoms with E-state index in [9.17, 15) is 8.42 Å². The van der Waals surface area contributed by atoms with Gasteiger partial charge in [-0.3, -0.25) is 0 Å². The second kappa shape index (κ2) is 6.22. The molecule has 1 rings (SSSR count). The number of sulfonamides is 1. The lowest BCUT2D eigenvalue weighted by Crippen LogP contribution is -2.39. The lowest BCUT2D eigenvalue weighted by molar-refractivity contribution is 0.477. The van der Waals surface area contributed by atoms with Crippen molar-refractivity contribution < 1.29 is 8.42 Å². The van der Waals surface area contributed by atoms with Crippen molar-refractivity contribution in [3.8, 4) is 0 Å². The number of alkyl halides is 1. The summed E-state index contributed by atoms with van der Waals surface area (Å²) in [5.74, 6) is 1.52. The maximum absolute atomic E-state index is 11.8. The van der Waals surface area contributed by atoms with Gasteiger partial charge in [-0.05, 0) is 31.1 Å².